The van der Waals surface area contributed by atoms with Crippen molar-refractivity contribution in [3.05, 3.63) is 54.1 Å². The van der Waals surface area contributed by atoms with Gasteiger partial charge in [-0.2, -0.15) is 15.0 Å². The number of aromatic nitrogens is 3. The molecule has 462 valence electrons. The van der Waals surface area contributed by atoms with Gasteiger partial charge in [-0.15, -0.1) is 0 Å². The zero-order valence-corrected chi connectivity index (χ0v) is 53.3. The van der Waals surface area contributed by atoms with E-state index in [2.05, 4.69) is 83.4 Å². The summed E-state index contributed by atoms with van der Waals surface area (Å²) in [5.41, 5.74) is 3.63. The lowest BCUT2D eigenvalue weighted by Crippen LogP contribution is -2.09. The summed E-state index contributed by atoms with van der Waals surface area (Å²) >= 11 is 0. The Morgan fingerprint density at radius 3 is 0.817 bits per heavy atom. The van der Waals surface area contributed by atoms with Crippen molar-refractivity contribution in [1.82, 2.24) is 15.0 Å². The predicted molar refractivity (Wildman–Crippen MR) is 347 cm³/mol. The van der Waals surface area contributed by atoms with E-state index < -0.39 is 0 Å². The van der Waals surface area contributed by atoms with E-state index in [9.17, 15) is 0 Å². The third-order valence-electron chi connectivity index (χ3n) is 15.3. The van der Waals surface area contributed by atoms with Gasteiger partial charge in [-0.05, 0) is 50.5 Å². The molecule has 11 nitrogen and oxygen atoms in total. The van der Waals surface area contributed by atoms with Crippen LogP contribution >= 0.6 is 0 Å². The van der Waals surface area contributed by atoms with Gasteiger partial charge in [0, 0.05) is 41.2 Å². The summed E-state index contributed by atoms with van der Waals surface area (Å²) < 4.78 is 40.3. The molecule has 1 aromatic heterocycles. The van der Waals surface area contributed by atoms with Crippen LogP contribution in [0.3, 0.4) is 0 Å². The first-order valence-corrected chi connectivity index (χ1v) is 34.0. The molecule has 0 aliphatic rings. The van der Waals surface area contributed by atoms with Crippen LogP contribution in [0.5, 0.6) is 34.5 Å². The molecule has 0 saturated carbocycles. The molecule has 0 bridgehead atoms. The van der Waals surface area contributed by atoms with Crippen LogP contribution in [0.25, 0.3) is 11.4 Å². The minimum Gasteiger partial charge on any atom is -0.489 e. The third-order valence-corrected chi connectivity index (χ3v) is 15.3. The zero-order valence-electron chi connectivity index (χ0n) is 53.3. The highest BCUT2D eigenvalue weighted by Crippen LogP contribution is 2.44. The van der Waals surface area contributed by atoms with Gasteiger partial charge in [0.25, 0.3) is 0 Å². The van der Waals surface area contributed by atoms with E-state index in [1.807, 2.05) is 24.3 Å². The Hall–Kier alpha value is -4.93. The van der Waals surface area contributed by atoms with Gasteiger partial charge in [-0.25, -0.2) is 0 Å². The van der Waals surface area contributed by atoms with E-state index in [1.54, 1.807) is 0 Å². The van der Waals surface area contributed by atoms with Crippen molar-refractivity contribution in [3.63, 3.8) is 0 Å². The Morgan fingerprint density at radius 1 is 0.293 bits per heavy atom. The zero-order chi connectivity index (χ0) is 58.3. The fraction of sp³-hybridized carbons (Fsp3) is 0.704. The highest BCUT2D eigenvalue weighted by molar-refractivity contribution is 5.70. The van der Waals surface area contributed by atoms with Gasteiger partial charge < -0.3 is 39.1 Å². The maximum Gasteiger partial charge on any atom is 0.232 e. The van der Waals surface area contributed by atoms with Gasteiger partial charge in [0.1, 0.15) is 0 Å². The van der Waals surface area contributed by atoms with Crippen molar-refractivity contribution in [2.45, 2.75) is 286 Å². The molecule has 0 amide bonds. The lowest BCUT2D eigenvalue weighted by Gasteiger charge is -2.20. The van der Waals surface area contributed by atoms with E-state index in [4.69, 9.17) is 43.4 Å². The number of nitrogens with one attached hydrogen (secondary N) is 2. The Labute approximate surface area is 500 Å². The number of aryl methyl sites for hydroxylation is 1. The van der Waals surface area contributed by atoms with Crippen molar-refractivity contribution in [2.75, 3.05) is 50.3 Å². The summed E-state index contributed by atoms with van der Waals surface area (Å²) in [4.78, 5) is 15.3. The molecule has 11 heteroatoms. The second-order valence-corrected chi connectivity index (χ2v) is 22.9. The molecule has 0 aliphatic heterocycles. The monoisotopic (exact) mass is 1140 g/mol. The molecule has 4 aromatic rings. The van der Waals surface area contributed by atoms with Crippen LogP contribution in [0.1, 0.15) is 285 Å². The predicted octanol–water partition coefficient (Wildman–Crippen LogP) is 22.0. The number of unbranched alkanes of at least 4 members (excludes halogenated alkanes) is 30. The first-order chi connectivity index (χ1) is 40.5. The minimum atomic E-state index is 0.384. The first-order valence-electron chi connectivity index (χ1n) is 34.0. The summed E-state index contributed by atoms with van der Waals surface area (Å²) in [5.74, 6) is 5.35. The Kier molecular flexibility index (Phi) is 39.4. The quantitative estimate of drug-likeness (QED) is 0.0412. The fourth-order valence-electron chi connectivity index (χ4n) is 10.1. The van der Waals surface area contributed by atoms with Gasteiger partial charge in [0.05, 0.1) is 39.6 Å². The number of hydrogen-bond donors (Lipinski definition) is 2. The van der Waals surface area contributed by atoms with Gasteiger partial charge >= 0.3 is 0 Å². The highest BCUT2D eigenvalue weighted by Gasteiger charge is 2.21. The summed E-state index contributed by atoms with van der Waals surface area (Å²) in [6.45, 7) is 19.3. The molecule has 0 radical (unpaired) electrons. The van der Waals surface area contributed by atoms with E-state index >= 15 is 0 Å². The van der Waals surface area contributed by atoms with Crippen LogP contribution in [-0.2, 0) is 6.42 Å². The molecule has 4 rings (SSSR count). The molecule has 3 aromatic carbocycles. The maximum absolute atomic E-state index is 6.71. The average Bonchev–Trinajstić information content (AvgIpc) is 3.69. The Bertz CT molecular complexity index is 1980. The topological polar surface area (TPSA) is 118 Å². The molecule has 0 aliphatic carbocycles. The van der Waals surface area contributed by atoms with Gasteiger partial charge in [0.2, 0.25) is 23.4 Å². The molecule has 1 heterocycles. The highest BCUT2D eigenvalue weighted by atomic mass is 16.5. The van der Waals surface area contributed by atoms with Crippen LogP contribution in [-0.4, -0.2) is 54.6 Å². The van der Waals surface area contributed by atoms with Crippen LogP contribution < -0.4 is 39.1 Å². The van der Waals surface area contributed by atoms with E-state index in [0.717, 1.165) is 100 Å². The lowest BCUT2D eigenvalue weighted by atomic mass is 10.1. The molecule has 82 heavy (non-hydrogen) atoms. The lowest BCUT2D eigenvalue weighted by molar-refractivity contribution is 0.234. The van der Waals surface area contributed by atoms with E-state index in [-0.39, 0.29) is 0 Å². The minimum absolute atomic E-state index is 0.384. The number of benzene rings is 3. The van der Waals surface area contributed by atoms with Gasteiger partial charge in [-0.1, -0.05) is 265 Å². The van der Waals surface area contributed by atoms with Crippen molar-refractivity contribution in [3.8, 4) is 45.9 Å². The standard InChI is InChI=1S/C71H117N5O6/c1-8-15-21-27-33-39-49-77-63-55-61(56-64(78-50-40-34-28-22-16-9-2)67(63)81-53-43-37-31-25-19-12-5)72-70-74-69(60-47-45-59(14-7)46-48-60)75-71(76-70)73-62-57-65(79-51-41-35-29-23-17-10-3)68(82-54-44-38-32-26-20-13-6)66(58-62)80-52-42-36-30-24-18-11-4/h45-48,55-58H,8-44,49-54H2,1-7H3,(H2,72,73,74,75,76). The molecular formula is C71H117N5O6. The average molecular weight is 1140 g/mol. The first kappa shape index (κ1) is 69.6. The third kappa shape index (κ3) is 30.1. The summed E-state index contributed by atoms with van der Waals surface area (Å²) in [6, 6.07) is 16.6. The molecule has 0 unspecified atom stereocenters. The molecule has 0 spiro atoms. The van der Waals surface area contributed by atoms with E-state index in [0.29, 0.717) is 91.9 Å². The maximum atomic E-state index is 6.71. The SMILES string of the molecule is CCCCCCCCOc1cc(Nc2nc(Nc3cc(OCCCCCCCC)c(OCCCCCCCC)c(OCCCCCCCC)c3)nc(-c3ccc(CC)cc3)n2)cc(OCCCCCCCC)c1OCCCCCCCC. The van der Waals surface area contributed by atoms with Gasteiger partial charge in [0.15, 0.2) is 28.8 Å². The Balaban J connectivity index is 1.78. The molecule has 0 atom stereocenters. The normalized spacial score (nSPS) is 11.3. The summed E-state index contributed by atoms with van der Waals surface area (Å²) in [6.07, 6.45) is 43.5. The second kappa shape index (κ2) is 46.4. The molecule has 0 fully saturated rings. The molecule has 2 N–H and O–H groups in total. The Morgan fingerprint density at radius 2 is 0.549 bits per heavy atom. The van der Waals surface area contributed by atoms with Gasteiger partial charge in [-0.3, -0.25) is 0 Å². The van der Waals surface area contributed by atoms with Crippen LogP contribution in [0.4, 0.5) is 23.3 Å². The van der Waals surface area contributed by atoms with Crippen molar-refractivity contribution in [1.29, 1.82) is 0 Å². The van der Waals surface area contributed by atoms with Crippen molar-refractivity contribution >= 4 is 23.3 Å². The number of anilines is 4. The van der Waals surface area contributed by atoms with Crippen LogP contribution in [0.2, 0.25) is 0 Å². The molecule has 0 saturated heterocycles. The summed E-state index contributed by atoms with van der Waals surface area (Å²) in [7, 11) is 0. The number of nitrogens with zero attached hydrogens (tertiary/aromatic N) is 3. The summed E-state index contributed by atoms with van der Waals surface area (Å²) in [5, 5.41) is 7.22. The number of rotatable bonds is 54. The van der Waals surface area contributed by atoms with Crippen LogP contribution in [0, 0.1) is 0 Å². The fourth-order valence-corrected chi connectivity index (χ4v) is 10.1. The van der Waals surface area contributed by atoms with Crippen molar-refractivity contribution < 1.29 is 28.4 Å². The van der Waals surface area contributed by atoms with Crippen LogP contribution in [0.15, 0.2) is 48.5 Å². The number of hydrogen-bond acceptors (Lipinski definition) is 11. The second-order valence-electron chi connectivity index (χ2n) is 22.9. The van der Waals surface area contributed by atoms with Crippen molar-refractivity contribution in [2.24, 2.45) is 0 Å². The smallest absolute Gasteiger partial charge is 0.232 e. The molecular weight excluding hydrogens is 1020 g/mol. The largest absolute Gasteiger partial charge is 0.489 e. The van der Waals surface area contributed by atoms with E-state index in [1.165, 1.54) is 160 Å². The number of ether oxygens (including phenoxy) is 6.